The molecular formula is C13H17BrO2. The van der Waals surface area contributed by atoms with Crippen molar-refractivity contribution in [3.8, 4) is 0 Å². The highest BCUT2D eigenvalue weighted by Crippen LogP contribution is 2.31. The van der Waals surface area contributed by atoms with Crippen molar-refractivity contribution in [1.29, 1.82) is 0 Å². The lowest BCUT2D eigenvalue weighted by Gasteiger charge is -2.27. The lowest BCUT2D eigenvalue weighted by Crippen LogP contribution is -2.24. The van der Waals surface area contributed by atoms with Gasteiger partial charge in [0.15, 0.2) is 0 Å². The average molecular weight is 285 g/mol. The van der Waals surface area contributed by atoms with E-state index < -0.39 is 6.10 Å². The largest absolute Gasteiger partial charge is 0.388 e. The minimum Gasteiger partial charge on any atom is -0.388 e. The Kier molecular flexibility index (Phi) is 4.00. The summed E-state index contributed by atoms with van der Waals surface area (Å²) in [6, 6.07) is 6.05. The number of hydrogen-bond donors (Lipinski definition) is 1. The molecule has 16 heavy (non-hydrogen) atoms. The number of hydrogen-bond acceptors (Lipinski definition) is 2. The normalized spacial score (nSPS) is 23.1. The fraction of sp³-hybridized carbons (Fsp3) is 0.538. The first-order valence-corrected chi connectivity index (χ1v) is 6.49. The first-order chi connectivity index (χ1) is 7.68. The summed E-state index contributed by atoms with van der Waals surface area (Å²) in [6.07, 6.45) is 1.69. The van der Waals surface area contributed by atoms with Gasteiger partial charge in [-0.1, -0.05) is 22.0 Å². The lowest BCUT2D eigenvalue weighted by molar-refractivity contribution is -0.0102. The maximum absolute atomic E-state index is 10.3. The van der Waals surface area contributed by atoms with Crippen molar-refractivity contribution in [1.82, 2.24) is 0 Å². The molecule has 0 radical (unpaired) electrons. The molecule has 0 spiro atoms. The van der Waals surface area contributed by atoms with E-state index in [0.29, 0.717) is 6.61 Å². The molecule has 1 N–H and O–H groups in total. The molecule has 0 aromatic heterocycles. The molecular weight excluding hydrogens is 268 g/mol. The molecule has 1 aromatic carbocycles. The highest BCUT2D eigenvalue weighted by molar-refractivity contribution is 9.10. The van der Waals surface area contributed by atoms with Gasteiger partial charge in [0.05, 0.1) is 12.7 Å². The smallest absolute Gasteiger partial charge is 0.0843 e. The van der Waals surface area contributed by atoms with E-state index in [1.807, 2.05) is 25.1 Å². The van der Waals surface area contributed by atoms with Crippen LogP contribution in [0.1, 0.15) is 30.1 Å². The summed E-state index contributed by atoms with van der Waals surface area (Å²) in [7, 11) is 0. The molecule has 1 fully saturated rings. The molecule has 0 bridgehead atoms. The van der Waals surface area contributed by atoms with Crippen LogP contribution in [0.25, 0.3) is 0 Å². The third-order valence-corrected chi connectivity index (χ3v) is 3.70. The molecule has 2 rings (SSSR count). The van der Waals surface area contributed by atoms with Gasteiger partial charge in [-0.3, -0.25) is 0 Å². The molecule has 0 saturated carbocycles. The quantitative estimate of drug-likeness (QED) is 0.904. The number of benzene rings is 1. The van der Waals surface area contributed by atoms with E-state index in [2.05, 4.69) is 15.9 Å². The van der Waals surface area contributed by atoms with Crippen LogP contribution in [0.5, 0.6) is 0 Å². The van der Waals surface area contributed by atoms with Gasteiger partial charge >= 0.3 is 0 Å². The first-order valence-electron chi connectivity index (χ1n) is 5.70. The van der Waals surface area contributed by atoms with Crippen molar-refractivity contribution in [2.75, 3.05) is 13.2 Å². The minimum atomic E-state index is -0.405. The van der Waals surface area contributed by atoms with Crippen molar-refractivity contribution in [3.05, 3.63) is 33.8 Å². The Bertz CT molecular complexity index is 359. The standard InChI is InChI=1S/C13H17BrO2/c1-9-4-5-11(14)7-12(9)13(15)10-3-2-6-16-8-10/h4-5,7,10,13,15H,2-3,6,8H2,1H3. The second-order valence-corrected chi connectivity index (χ2v) is 5.34. The molecule has 1 saturated heterocycles. The van der Waals surface area contributed by atoms with E-state index in [0.717, 1.165) is 35.0 Å². The summed E-state index contributed by atoms with van der Waals surface area (Å²) in [5.74, 6) is 0.238. The monoisotopic (exact) mass is 284 g/mol. The number of aliphatic hydroxyl groups excluding tert-OH is 1. The third-order valence-electron chi connectivity index (χ3n) is 3.20. The number of aryl methyl sites for hydroxylation is 1. The zero-order valence-corrected chi connectivity index (χ0v) is 11.0. The van der Waals surface area contributed by atoms with Gasteiger partial charge in [0.25, 0.3) is 0 Å². The highest BCUT2D eigenvalue weighted by atomic mass is 79.9. The SMILES string of the molecule is Cc1ccc(Br)cc1C(O)C1CCCOC1. The van der Waals surface area contributed by atoms with E-state index in [9.17, 15) is 5.11 Å². The Morgan fingerprint density at radius 1 is 1.50 bits per heavy atom. The topological polar surface area (TPSA) is 29.5 Å². The first kappa shape index (κ1) is 12.1. The van der Waals surface area contributed by atoms with Crippen LogP contribution in [0.4, 0.5) is 0 Å². The number of ether oxygens (including phenoxy) is 1. The van der Waals surface area contributed by atoms with Crippen molar-refractivity contribution in [2.45, 2.75) is 25.9 Å². The Hall–Kier alpha value is -0.380. The van der Waals surface area contributed by atoms with Gasteiger partial charge in [0.2, 0.25) is 0 Å². The number of aliphatic hydroxyl groups is 1. The molecule has 1 aliphatic heterocycles. The average Bonchev–Trinajstić information content (AvgIpc) is 2.32. The summed E-state index contributed by atoms with van der Waals surface area (Å²) < 4.78 is 6.44. The van der Waals surface area contributed by atoms with Crippen LogP contribution >= 0.6 is 15.9 Å². The molecule has 1 aliphatic rings. The second kappa shape index (κ2) is 5.30. The Morgan fingerprint density at radius 2 is 2.31 bits per heavy atom. The molecule has 3 heteroatoms. The summed E-state index contributed by atoms with van der Waals surface area (Å²) in [6.45, 7) is 3.54. The van der Waals surface area contributed by atoms with Crippen LogP contribution in [0.15, 0.2) is 22.7 Å². The molecule has 2 nitrogen and oxygen atoms in total. The summed E-state index contributed by atoms with van der Waals surface area (Å²) in [4.78, 5) is 0. The van der Waals surface area contributed by atoms with E-state index in [1.54, 1.807) is 0 Å². The fourth-order valence-corrected chi connectivity index (χ4v) is 2.58. The third kappa shape index (κ3) is 2.65. The van der Waals surface area contributed by atoms with Gasteiger partial charge in [-0.25, -0.2) is 0 Å². The fourth-order valence-electron chi connectivity index (χ4n) is 2.20. The maximum Gasteiger partial charge on any atom is 0.0843 e. The Labute approximate surface area is 105 Å². The van der Waals surface area contributed by atoms with Gasteiger partial charge in [-0.2, -0.15) is 0 Å². The molecule has 88 valence electrons. The zero-order chi connectivity index (χ0) is 11.5. The maximum atomic E-state index is 10.3. The molecule has 2 unspecified atom stereocenters. The zero-order valence-electron chi connectivity index (χ0n) is 9.45. The summed E-state index contributed by atoms with van der Waals surface area (Å²) in [5.41, 5.74) is 2.16. The van der Waals surface area contributed by atoms with Gasteiger partial charge in [-0.15, -0.1) is 0 Å². The molecule has 1 heterocycles. The Balaban J connectivity index is 2.18. The second-order valence-electron chi connectivity index (χ2n) is 4.42. The van der Waals surface area contributed by atoms with Crippen LogP contribution < -0.4 is 0 Å². The van der Waals surface area contributed by atoms with Crippen LogP contribution in [-0.4, -0.2) is 18.3 Å². The Morgan fingerprint density at radius 3 is 3.00 bits per heavy atom. The summed E-state index contributed by atoms with van der Waals surface area (Å²) in [5, 5.41) is 10.3. The van der Waals surface area contributed by atoms with E-state index in [4.69, 9.17) is 4.74 Å². The van der Waals surface area contributed by atoms with Crippen LogP contribution in [0, 0.1) is 12.8 Å². The minimum absolute atomic E-state index is 0.238. The number of halogens is 1. The van der Waals surface area contributed by atoms with Crippen molar-refractivity contribution in [2.24, 2.45) is 5.92 Å². The van der Waals surface area contributed by atoms with Crippen LogP contribution in [-0.2, 0) is 4.74 Å². The van der Waals surface area contributed by atoms with Gasteiger partial charge in [0.1, 0.15) is 0 Å². The van der Waals surface area contributed by atoms with Crippen LogP contribution in [0.2, 0.25) is 0 Å². The lowest BCUT2D eigenvalue weighted by atomic mass is 9.89. The van der Waals surface area contributed by atoms with Crippen LogP contribution in [0.3, 0.4) is 0 Å². The van der Waals surface area contributed by atoms with Crippen molar-refractivity contribution >= 4 is 15.9 Å². The number of rotatable bonds is 2. The predicted octanol–water partition coefficient (Wildman–Crippen LogP) is 3.22. The van der Waals surface area contributed by atoms with Crippen molar-refractivity contribution in [3.63, 3.8) is 0 Å². The van der Waals surface area contributed by atoms with E-state index in [1.165, 1.54) is 0 Å². The molecule has 0 aliphatic carbocycles. The highest BCUT2D eigenvalue weighted by Gasteiger charge is 2.24. The van der Waals surface area contributed by atoms with Gasteiger partial charge < -0.3 is 9.84 Å². The summed E-state index contributed by atoms with van der Waals surface area (Å²) >= 11 is 3.45. The predicted molar refractivity (Wildman–Crippen MR) is 67.4 cm³/mol. The molecule has 2 atom stereocenters. The van der Waals surface area contributed by atoms with E-state index in [-0.39, 0.29) is 5.92 Å². The van der Waals surface area contributed by atoms with Gasteiger partial charge in [0, 0.05) is 17.0 Å². The molecule has 0 amide bonds. The molecule has 1 aromatic rings. The van der Waals surface area contributed by atoms with Crippen molar-refractivity contribution < 1.29 is 9.84 Å². The van der Waals surface area contributed by atoms with Gasteiger partial charge in [-0.05, 0) is 43.0 Å². The van der Waals surface area contributed by atoms with E-state index >= 15 is 0 Å².